The zero-order valence-electron chi connectivity index (χ0n) is 14.5. The molecule has 0 amide bonds. The van der Waals surface area contributed by atoms with Crippen molar-refractivity contribution in [2.75, 3.05) is 0 Å². The molecule has 0 aliphatic heterocycles. The maximum absolute atomic E-state index is 2.50. The summed E-state index contributed by atoms with van der Waals surface area (Å²) in [5.41, 5.74) is 0. The van der Waals surface area contributed by atoms with Crippen LogP contribution in [0.3, 0.4) is 0 Å². The highest BCUT2D eigenvalue weighted by atomic mass is 14.4. The fourth-order valence-corrected chi connectivity index (χ4v) is 3.78. The summed E-state index contributed by atoms with van der Waals surface area (Å²) in [6, 6.07) is 0. The Labute approximate surface area is 117 Å². The first-order chi connectivity index (χ1) is 8.22. The van der Waals surface area contributed by atoms with Crippen molar-refractivity contribution in [2.24, 2.45) is 41.4 Å². The molecular weight excluding hydrogens is 216 g/mol. The third-order valence-corrected chi connectivity index (χ3v) is 5.27. The molecule has 0 nitrogen and oxygen atoms in total. The molecule has 5 unspecified atom stereocenters. The minimum atomic E-state index is 0.804. The van der Waals surface area contributed by atoms with Gasteiger partial charge in [-0.05, 0) is 47.8 Å². The van der Waals surface area contributed by atoms with Crippen LogP contribution >= 0.6 is 0 Å². The summed E-state index contributed by atoms with van der Waals surface area (Å²) >= 11 is 0. The zero-order chi connectivity index (χ0) is 14.5. The molecule has 110 valence electrons. The van der Waals surface area contributed by atoms with E-state index in [4.69, 9.17) is 0 Å². The Morgan fingerprint density at radius 3 is 1.44 bits per heavy atom. The molecule has 0 heteroatoms. The lowest BCUT2D eigenvalue weighted by atomic mass is 9.66. The minimum Gasteiger partial charge on any atom is -0.0651 e. The second-order valence-electron chi connectivity index (χ2n) is 7.53. The second kappa shape index (κ2) is 8.23. The molecule has 0 spiro atoms. The molecule has 0 fully saturated rings. The van der Waals surface area contributed by atoms with Crippen LogP contribution in [0.25, 0.3) is 0 Å². The standard InChI is InChI=1S/C18H38/c1-10-14(6)16(8)18(13(4)5)17(9)15(7)11-12(2)3/h12-18H,10-11H2,1-9H3. The van der Waals surface area contributed by atoms with Crippen LogP contribution in [0, 0.1) is 41.4 Å². The molecular formula is C18H38. The Bertz CT molecular complexity index is 204. The summed E-state index contributed by atoms with van der Waals surface area (Å²) in [7, 11) is 0. The zero-order valence-corrected chi connectivity index (χ0v) is 14.5. The van der Waals surface area contributed by atoms with Gasteiger partial charge in [0, 0.05) is 0 Å². The van der Waals surface area contributed by atoms with E-state index in [2.05, 4.69) is 62.3 Å². The largest absolute Gasteiger partial charge is 0.0651 e. The van der Waals surface area contributed by atoms with Gasteiger partial charge in [-0.2, -0.15) is 0 Å². The quantitative estimate of drug-likeness (QED) is 0.479. The van der Waals surface area contributed by atoms with Crippen molar-refractivity contribution in [3.63, 3.8) is 0 Å². The Morgan fingerprint density at radius 1 is 0.667 bits per heavy atom. The Kier molecular flexibility index (Phi) is 8.23. The predicted molar refractivity (Wildman–Crippen MR) is 84.7 cm³/mol. The highest BCUT2D eigenvalue weighted by Gasteiger charge is 2.32. The van der Waals surface area contributed by atoms with E-state index >= 15 is 0 Å². The van der Waals surface area contributed by atoms with Crippen LogP contribution in [-0.2, 0) is 0 Å². The normalized spacial score (nSPS) is 20.8. The summed E-state index contributed by atoms with van der Waals surface area (Å²) in [4.78, 5) is 0. The van der Waals surface area contributed by atoms with E-state index < -0.39 is 0 Å². The van der Waals surface area contributed by atoms with Gasteiger partial charge in [-0.1, -0.05) is 68.7 Å². The summed E-state index contributed by atoms with van der Waals surface area (Å²) in [6.07, 6.45) is 2.69. The lowest BCUT2D eigenvalue weighted by molar-refractivity contribution is 0.0982. The van der Waals surface area contributed by atoms with E-state index in [0.717, 1.165) is 41.4 Å². The lowest BCUT2D eigenvalue weighted by Gasteiger charge is -2.39. The van der Waals surface area contributed by atoms with Gasteiger partial charge in [0.1, 0.15) is 0 Å². The third kappa shape index (κ3) is 5.33. The van der Waals surface area contributed by atoms with Crippen LogP contribution in [0.4, 0.5) is 0 Å². The SMILES string of the molecule is CCC(C)C(C)C(C(C)C)C(C)C(C)CC(C)C. The number of hydrogen-bond donors (Lipinski definition) is 0. The van der Waals surface area contributed by atoms with E-state index in [1.807, 2.05) is 0 Å². The van der Waals surface area contributed by atoms with E-state index in [0.29, 0.717) is 0 Å². The van der Waals surface area contributed by atoms with Gasteiger partial charge >= 0.3 is 0 Å². The van der Waals surface area contributed by atoms with Crippen molar-refractivity contribution >= 4 is 0 Å². The van der Waals surface area contributed by atoms with Crippen LogP contribution in [0.2, 0.25) is 0 Å². The molecule has 0 N–H and O–H groups in total. The van der Waals surface area contributed by atoms with E-state index in [-0.39, 0.29) is 0 Å². The maximum Gasteiger partial charge on any atom is -0.0334 e. The van der Waals surface area contributed by atoms with Crippen LogP contribution < -0.4 is 0 Å². The molecule has 0 rings (SSSR count). The van der Waals surface area contributed by atoms with Crippen LogP contribution in [0.1, 0.15) is 75.2 Å². The van der Waals surface area contributed by atoms with E-state index in [1.165, 1.54) is 12.8 Å². The van der Waals surface area contributed by atoms with Gasteiger partial charge < -0.3 is 0 Å². The van der Waals surface area contributed by atoms with Crippen molar-refractivity contribution in [1.29, 1.82) is 0 Å². The molecule has 0 aliphatic rings. The topological polar surface area (TPSA) is 0 Å². The smallest absolute Gasteiger partial charge is 0.0334 e. The Hall–Kier alpha value is 0. The Balaban J connectivity index is 4.78. The monoisotopic (exact) mass is 254 g/mol. The molecule has 0 saturated heterocycles. The van der Waals surface area contributed by atoms with Crippen molar-refractivity contribution in [1.82, 2.24) is 0 Å². The second-order valence-corrected chi connectivity index (χ2v) is 7.53. The number of rotatable bonds is 8. The maximum atomic E-state index is 2.50. The highest BCUT2D eigenvalue weighted by Crippen LogP contribution is 2.39. The first-order valence-electron chi connectivity index (χ1n) is 8.22. The van der Waals surface area contributed by atoms with Crippen molar-refractivity contribution in [2.45, 2.75) is 75.2 Å². The molecule has 0 aliphatic carbocycles. The summed E-state index contributed by atoms with van der Waals surface area (Å²) in [5.74, 6) is 5.90. The van der Waals surface area contributed by atoms with Gasteiger partial charge in [-0.15, -0.1) is 0 Å². The van der Waals surface area contributed by atoms with Crippen molar-refractivity contribution in [3.8, 4) is 0 Å². The molecule has 0 saturated carbocycles. The molecule has 0 bridgehead atoms. The molecule has 0 aromatic heterocycles. The first-order valence-corrected chi connectivity index (χ1v) is 8.22. The molecule has 5 atom stereocenters. The van der Waals surface area contributed by atoms with Crippen molar-refractivity contribution in [3.05, 3.63) is 0 Å². The van der Waals surface area contributed by atoms with Gasteiger partial charge in [0.25, 0.3) is 0 Å². The minimum absolute atomic E-state index is 0.804. The Morgan fingerprint density at radius 2 is 1.11 bits per heavy atom. The van der Waals surface area contributed by atoms with Crippen LogP contribution in [0.5, 0.6) is 0 Å². The van der Waals surface area contributed by atoms with Crippen LogP contribution in [0.15, 0.2) is 0 Å². The molecule has 0 aromatic carbocycles. The summed E-state index contributed by atoms with van der Waals surface area (Å²) < 4.78 is 0. The van der Waals surface area contributed by atoms with Gasteiger partial charge in [-0.3, -0.25) is 0 Å². The number of hydrogen-bond acceptors (Lipinski definition) is 0. The van der Waals surface area contributed by atoms with E-state index in [9.17, 15) is 0 Å². The first kappa shape index (κ1) is 18.0. The van der Waals surface area contributed by atoms with E-state index in [1.54, 1.807) is 0 Å². The average Bonchev–Trinajstić information content (AvgIpc) is 2.26. The summed E-state index contributed by atoms with van der Waals surface area (Å²) in [6.45, 7) is 21.7. The molecule has 0 heterocycles. The van der Waals surface area contributed by atoms with Gasteiger partial charge in [0.15, 0.2) is 0 Å². The van der Waals surface area contributed by atoms with Gasteiger partial charge in [0.05, 0.1) is 0 Å². The predicted octanol–water partition coefficient (Wildman–Crippen LogP) is 6.26. The average molecular weight is 255 g/mol. The van der Waals surface area contributed by atoms with Crippen molar-refractivity contribution < 1.29 is 0 Å². The highest BCUT2D eigenvalue weighted by molar-refractivity contribution is 4.81. The third-order valence-electron chi connectivity index (χ3n) is 5.27. The van der Waals surface area contributed by atoms with Gasteiger partial charge in [0.2, 0.25) is 0 Å². The summed E-state index contributed by atoms with van der Waals surface area (Å²) in [5, 5.41) is 0. The van der Waals surface area contributed by atoms with Gasteiger partial charge in [-0.25, -0.2) is 0 Å². The fraction of sp³-hybridized carbons (Fsp3) is 1.00. The lowest BCUT2D eigenvalue weighted by Crippen LogP contribution is -2.32. The molecule has 0 aromatic rings. The molecule has 18 heavy (non-hydrogen) atoms. The molecule has 0 radical (unpaired) electrons. The fourth-order valence-electron chi connectivity index (χ4n) is 3.78. The van der Waals surface area contributed by atoms with Crippen LogP contribution in [-0.4, -0.2) is 0 Å².